The topological polar surface area (TPSA) is 82.8 Å². The largest absolute Gasteiger partial charge is 0.463 e. The number of methoxy groups -OCH3 is 1. The zero-order valence-electron chi connectivity index (χ0n) is 14.5. The van der Waals surface area contributed by atoms with Gasteiger partial charge >= 0.3 is 11.9 Å². The summed E-state index contributed by atoms with van der Waals surface area (Å²) in [6.07, 6.45) is 1.31. The van der Waals surface area contributed by atoms with E-state index in [0.29, 0.717) is 11.1 Å². The fourth-order valence-electron chi connectivity index (χ4n) is 2.55. The molecule has 0 radical (unpaired) electrons. The Hall–Kier alpha value is -3.67. The molecule has 0 atom stereocenters. The summed E-state index contributed by atoms with van der Waals surface area (Å²) >= 11 is 0. The molecular weight excluding hydrogens is 348 g/mol. The predicted octanol–water partition coefficient (Wildman–Crippen LogP) is 3.65. The van der Waals surface area contributed by atoms with Gasteiger partial charge in [0, 0.05) is 16.7 Å². The van der Waals surface area contributed by atoms with Crippen LogP contribution in [0, 0.1) is 0 Å². The van der Waals surface area contributed by atoms with Crippen LogP contribution >= 0.6 is 0 Å². The van der Waals surface area contributed by atoms with Gasteiger partial charge in [0.25, 0.3) is 0 Å². The normalized spacial score (nSPS) is 10.3. The van der Waals surface area contributed by atoms with E-state index in [4.69, 9.17) is 9.15 Å². The molecule has 3 rings (SSSR count). The van der Waals surface area contributed by atoms with E-state index >= 15 is 0 Å². The van der Waals surface area contributed by atoms with Gasteiger partial charge in [0.05, 0.1) is 18.9 Å². The third kappa shape index (κ3) is 3.95. The van der Waals surface area contributed by atoms with Crippen LogP contribution in [0.3, 0.4) is 0 Å². The Labute approximate surface area is 155 Å². The Morgan fingerprint density at radius 2 is 1.52 bits per heavy atom. The lowest BCUT2D eigenvalue weighted by Gasteiger charge is -2.09. The quantitative estimate of drug-likeness (QED) is 0.490. The van der Waals surface area contributed by atoms with E-state index in [-0.39, 0.29) is 29.3 Å². The first-order valence-electron chi connectivity index (χ1n) is 8.12. The highest BCUT2D eigenvalue weighted by atomic mass is 16.5. The van der Waals surface area contributed by atoms with Gasteiger partial charge < -0.3 is 13.9 Å². The van der Waals surface area contributed by atoms with E-state index in [1.807, 2.05) is 0 Å². The van der Waals surface area contributed by atoms with E-state index < -0.39 is 11.9 Å². The van der Waals surface area contributed by atoms with Crippen molar-refractivity contribution in [2.45, 2.75) is 6.61 Å². The number of benzene rings is 2. The third-order valence-electron chi connectivity index (χ3n) is 3.90. The summed E-state index contributed by atoms with van der Waals surface area (Å²) in [4.78, 5) is 36.8. The Morgan fingerprint density at radius 3 is 2.22 bits per heavy atom. The molecule has 6 heteroatoms. The second-order valence-corrected chi connectivity index (χ2v) is 5.58. The van der Waals surface area contributed by atoms with Crippen LogP contribution in [0.4, 0.5) is 0 Å². The molecule has 2 aromatic carbocycles. The highest BCUT2D eigenvalue weighted by Crippen LogP contribution is 2.18. The number of carbonyl (C=O) groups excluding carboxylic acids is 3. The second kappa shape index (κ2) is 8.14. The Balaban J connectivity index is 1.79. The van der Waals surface area contributed by atoms with Gasteiger partial charge in [0.1, 0.15) is 6.61 Å². The number of esters is 2. The molecule has 0 saturated carbocycles. The summed E-state index contributed by atoms with van der Waals surface area (Å²) in [7, 11) is 1.23. The van der Waals surface area contributed by atoms with Crippen molar-refractivity contribution in [1.82, 2.24) is 0 Å². The maximum atomic E-state index is 12.7. The molecule has 3 aromatic rings. The van der Waals surface area contributed by atoms with Crippen molar-refractivity contribution in [3.63, 3.8) is 0 Å². The fourth-order valence-corrected chi connectivity index (χ4v) is 2.55. The van der Waals surface area contributed by atoms with Crippen molar-refractivity contribution in [3.8, 4) is 0 Å². The SMILES string of the molecule is COC(=O)c1occc1COC(=O)c1ccccc1C(=O)c1ccccc1. The average Bonchev–Trinajstić information content (AvgIpc) is 3.20. The lowest BCUT2D eigenvalue weighted by atomic mass is 9.98. The molecule has 0 saturated heterocycles. The van der Waals surface area contributed by atoms with Gasteiger partial charge in [-0.1, -0.05) is 48.5 Å². The number of ketones is 1. The molecule has 0 N–H and O–H groups in total. The average molecular weight is 364 g/mol. The summed E-state index contributed by atoms with van der Waals surface area (Å²) in [5.74, 6) is -1.64. The second-order valence-electron chi connectivity index (χ2n) is 5.58. The predicted molar refractivity (Wildman–Crippen MR) is 95.5 cm³/mol. The highest BCUT2D eigenvalue weighted by molar-refractivity contribution is 6.14. The van der Waals surface area contributed by atoms with Crippen LogP contribution < -0.4 is 0 Å². The molecule has 0 aliphatic rings. The number of carbonyl (C=O) groups is 3. The van der Waals surface area contributed by atoms with Gasteiger partial charge in [-0.25, -0.2) is 9.59 Å². The minimum atomic E-state index is -0.674. The Bertz CT molecular complexity index is 971. The molecule has 0 fully saturated rings. The molecule has 0 unspecified atom stereocenters. The van der Waals surface area contributed by atoms with E-state index in [1.165, 1.54) is 25.5 Å². The monoisotopic (exact) mass is 364 g/mol. The lowest BCUT2D eigenvalue weighted by molar-refractivity contribution is 0.0451. The minimum absolute atomic E-state index is 0.0288. The maximum absolute atomic E-state index is 12.7. The smallest absolute Gasteiger partial charge is 0.374 e. The zero-order chi connectivity index (χ0) is 19.2. The van der Waals surface area contributed by atoms with E-state index in [1.54, 1.807) is 48.5 Å². The van der Waals surface area contributed by atoms with Gasteiger partial charge in [0.2, 0.25) is 5.76 Å². The van der Waals surface area contributed by atoms with Crippen LogP contribution in [0.2, 0.25) is 0 Å². The standard InChI is InChI=1S/C21H16O6/c1-25-21(24)19-15(11-12-26-19)13-27-20(23)17-10-6-5-9-16(17)18(22)14-7-3-2-4-8-14/h2-12H,13H2,1H3. The number of ether oxygens (including phenoxy) is 2. The minimum Gasteiger partial charge on any atom is -0.463 e. The number of hydrogen-bond donors (Lipinski definition) is 0. The fraction of sp³-hybridized carbons (Fsp3) is 0.0952. The Kier molecular flexibility index (Phi) is 5.47. The molecule has 0 aliphatic heterocycles. The molecule has 0 bridgehead atoms. The van der Waals surface area contributed by atoms with E-state index in [2.05, 4.69) is 4.74 Å². The molecule has 0 amide bonds. The van der Waals surface area contributed by atoms with Gasteiger partial charge in [-0.2, -0.15) is 0 Å². The van der Waals surface area contributed by atoms with Crippen LogP contribution in [-0.2, 0) is 16.1 Å². The number of rotatable bonds is 6. The van der Waals surface area contributed by atoms with E-state index in [0.717, 1.165) is 0 Å². The van der Waals surface area contributed by atoms with Crippen molar-refractivity contribution in [2.75, 3.05) is 7.11 Å². The van der Waals surface area contributed by atoms with Gasteiger partial charge in [-0.15, -0.1) is 0 Å². The van der Waals surface area contributed by atoms with Gasteiger partial charge in [0.15, 0.2) is 5.78 Å². The third-order valence-corrected chi connectivity index (χ3v) is 3.90. The maximum Gasteiger partial charge on any atom is 0.374 e. The van der Waals surface area contributed by atoms with Crippen LogP contribution in [0.15, 0.2) is 71.3 Å². The van der Waals surface area contributed by atoms with Gasteiger partial charge in [-0.05, 0) is 12.1 Å². The lowest BCUT2D eigenvalue weighted by Crippen LogP contribution is -2.13. The van der Waals surface area contributed by atoms with Gasteiger partial charge in [-0.3, -0.25) is 4.79 Å². The first kappa shape index (κ1) is 18.1. The van der Waals surface area contributed by atoms with Crippen molar-refractivity contribution in [1.29, 1.82) is 0 Å². The van der Waals surface area contributed by atoms with Crippen LogP contribution in [-0.4, -0.2) is 24.8 Å². The molecule has 1 aromatic heterocycles. The van der Waals surface area contributed by atoms with Crippen molar-refractivity contribution in [3.05, 3.63) is 94.9 Å². The molecule has 0 spiro atoms. The molecule has 0 aliphatic carbocycles. The first-order valence-corrected chi connectivity index (χ1v) is 8.12. The summed E-state index contributed by atoms with van der Waals surface area (Å²) in [6.45, 7) is -0.187. The van der Waals surface area contributed by atoms with Crippen LogP contribution in [0.25, 0.3) is 0 Å². The van der Waals surface area contributed by atoms with E-state index in [9.17, 15) is 14.4 Å². The van der Waals surface area contributed by atoms with Crippen LogP contribution in [0.5, 0.6) is 0 Å². The first-order chi connectivity index (χ1) is 13.1. The Morgan fingerprint density at radius 1 is 0.852 bits per heavy atom. The molecule has 136 valence electrons. The number of hydrogen-bond acceptors (Lipinski definition) is 6. The molecule has 1 heterocycles. The molecule has 6 nitrogen and oxygen atoms in total. The molecule has 27 heavy (non-hydrogen) atoms. The summed E-state index contributed by atoms with van der Waals surface area (Å²) in [6, 6.07) is 16.6. The van der Waals surface area contributed by atoms with Crippen molar-refractivity contribution >= 4 is 17.7 Å². The van der Waals surface area contributed by atoms with Crippen molar-refractivity contribution in [2.24, 2.45) is 0 Å². The summed E-state index contributed by atoms with van der Waals surface area (Å²) in [5, 5.41) is 0. The summed E-state index contributed by atoms with van der Waals surface area (Å²) < 4.78 is 14.9. The number of furan rings is 1. The van der Waals surface area contributed by atoms with Crippen molar-refractivity contribution < 1.29 is 28.3 Å². The van der Waals surface area contributed by atoms with Crippen LogP contribution in [0.1, 0.15) is 42.4 Å². The zero-order valence-corrected chi connectivity index (χ0v) is 14.5. The molecular formula is C21H16O6. The summed E-state index contributed by atoms with van der Waals surface area (Å²) in [5.41, 5.74) is 1.24. The highest BCUT2D eigenvalue weighted by Gasteiger charge is 2.21.